The lowest BCUT2D eigenvalue weighted by Crippen LogP contribution is -2.26. The molecule has 3 N–H and O–H groups in total. The van der Waals surface area contributed by atoms with E-state index in [1.54, 1.807) is 6.20 Å². The van der Waals surface area contributed by atoms with Crippen LogP contribution in [-0.2, 0) is 0 Å². The fraction of sp³-hybridized carbons (Fsp3) is 0.391. The van der Waals surface area contributed by atoms with Crippen LogP contribution in [0.1, 0.15) is 25.7 Å². The Morgan fingerprint density at radius 1 is 1.07 bits per heavy atom. The number of fused-ring (bicyclic) bond motifs is 1. The highest BCUT2D eigenvalue weighted by Crippen LogP contribution is 2.31. The van der Waals surface area contributed by atoms with Gasteiger partial charge >= 0.3 is 0 Å². The highest BCUT2D eigenvalue weighted by Gasteiger charge is 2.22. The van der Waals surface area contributed by atoms with Gasteiger partial charge in [-0.1, -0.05) is 12.1 Å². The third kappa shape index (κ3) is 4.83. The van der Waals surface area contributed by atoms with Crippen LogP contribution >= 0.6 is 0 Å². The zero-order chi connectivity index (χ0) is 20.1. The molecule has 0 amide bonds. The monoisotopic (exact) mass is 392 g/mol. The number of nitrogens with zero attached hydrogens (tertiary/aromatic N) is 2. The third-order valence-corrected chi connectivity index (χ3v) is 5.37. The maximum absolute atomic E-state index is 9.76. The van der Waals surface area contributed by atoms with Gasteiger partial charge in [-0.15, -0.1) is 0 Å². The molecule has 1 aliphatic rings. The van der Waals surface area contributed by atoms with Crippen molar-refractivity contribution in [3.63, 3.8) is 0 Å². The lowest BCUT2D eigenvalue weighted by Gasteiger charge is -2.26. The van der Waals surface area contributed by atoms with Crippen molar-refractivity contribution in [2.24, 2.45) is 0 Å². The molecule has 1 aromatic carbocycles. The van der Waals surface area contributed by atoms with Gasteiger partial charge in [0.1, 0.15) is 6.10 Å². The highest BCUT2D eigenvalue weighted by atomic mass is 16.5. The first-order chi connectivity index (χ1) is 14.2. The fourth-order valence-corrected chi connectivity index (χ4v) is 3.69. The van der Waals surface area contributed by atoms with Gasteiger partial charge < -0.3 is 20.5 Å². The maximum atomic E-state index is 9.76. The number of hydrogen-bond donors (Lipinski definition) is 3. The van der Waals surface area contributed by atoms with Crippen LogP contribution in [0.5, 0.6) is 5.88 Å². The van der Waals surface area contributed by atoms with Crippen LogP contribution < -0.4 is 15.4 Å². The zero-order valence-electron chi connectivity index (χ0n) is 16.8. The van der Waals surface area contributed by atoms with Gasteiger partial charge in [0.2, 0.25) is 5.88 Å². The normalized spacial score (nSPS) is 19.2. The molecule has 0 saturated heterocycles. The van der Waals surface area contributed by atoms with Crippen molar-refractivity contribution in [3.05, 3.63) is 48.7 Å². The van der Waals surface area contributed by atoms with Gasteiger partial charge in [-0.25, -0.2) is 4.98 Å². The zero-order valence-corrected chi connectivity index (χ0v) is 16.8. The van der Waals surface area contributed by atoms with E-state index in [0.717, 1.165) is 66.6 Å². The van der Waals surface area contributed by atoms with E-state index in [1.165, 1.54) is 0 Å². The number of pyridine rings is 2. The Morgan fingerprint density at radius 2 is 1.86 bits per heavy atom. The molecule has 1 fully saturated rings. The molecule has 0 unspecified atom stereocenters. The number of aliphatic hydroxyl groups excluding tert-OH is 1. The molecule has 0 spiro atoms. The molecule has 0 aliphatic heterocycles. The summed E-state index contributed by atoms with van der Waals surface area (Å²) < 4.78 is 6.29. The van der Waals surface area contributed by atoms with Gasteiger partial charge in [-0.05, 0) is 63.1 Å². The SMILES string of the molecule is CNCCNc1ccc(-c2cc3ncccc3c(OC3CCC(O)CC3)n2)cc1. The van der Waals surface area contributed by atoms with E-state index >= 15 is 0 Å². The van der Waals surface area contributed by atoms with Crippen LogP contribution in [0.4, 0.5) is 5.69 Å². The molecule has 4 rings (SSSR count). The fourth-order valence-electron chi connectivity index (χ4n) is 3.69. The second-order valence-corrected chi connectivity index (χ2v) is 7.54. The Morgan fingerprint density at radius 3 is 2.62 bits per heavy atom. The first-order valence-corrected chi connectivity index (χ1v) is 10.3. The van der Waals surface area contributed by atoms with Crippen molar-refractivity contribution in [1.82, 2.24) is 15.3 Å². The quantitative estimate of drug-likeness (QED) is 0.533. The number of aliphatic hydroxyl groups is 1. The molecule has 152 valence electrons. The number of hydrogen-bond acceptors (Lipinski definition) is 6. The molecule has 29 heavy (non-hydrogen) atoms. The summed E-state index contributed by atoms with van der Waals surface area (Å²) in [5, 5.41) is 17.2. The number of nitrogens with one attached hydrogen (secondary N) is 2. The number of likely N-dealkylation sites (N-methyl/N-ethyl adjacent to an activating group) is 1. The Kier molecular flexibility index (Phi) is 6.22. The standard InChI is InChI=1S/C23H28N4O2/c1-24-13-14-25-17-6-4-16(5-7-17)21-15-22-20(3-2-12-26-22)23(27-21)29-19-10-8-18(28)9-11-19/h2-7,12,15,18-19,24-25,28H,8-11,13-14H2,1H3. The first-order valence-electron chi connectivity index (χ1n) is 10.3. The predicted molar refractivity (Wildman–Crippen MR) is 116 cm³/mol. The number of rotatable bonds is 7. The van der Waals surface area contributed by atoms with Crippen LogP contribution in [0.25, 0.3) is 22.2 Å². The Labute approximate surface area is 171 Å². The van der Waals surface area contributed by atoms with E-state index in [2.05, 4.69) is 39.9 Å². The summed E-state index contributed by atoms with van der Waals surface area (Å²) in [4.78, 5) is 9.36. The van der Waals surface area contributed by atoms with E-state index in [0.29, 0.717) is 5.88 Å². The van der Waals surface area contributed by atoms with Crippen molar-refractivity contribution in [3.8, 4) is 17.1 Å². The molecule has 2 heterocycles. The Bertz CT molecular complexity index is 937. The van der Waals surface area contributed by atoms with Crippen LogP contribution in [0, 0.1) is 0 Å². The lowest BCUT2D eigenvalue weighted by atomic mass is 9.95. The lowest BCUT2D eigenvalue weighted by molar-refractivity contribution is 0.0652. The van der Waals surface area contributed by atoms with E-state index < -0.39 is 0 Å². The smallest absolute Gasteiger partial charge is 0.223 e. The number of aromatic nitrogens is 2. The predicted octanol–water partition coefficient (Wildman–Crippen LogP) is 3.61. The largest absolute Gasteiger partial charge is 0.474 e. The maximum Gasteiger partial charge on any atom is 0.223 e. The molecule has 6 heteroatoms. The first kappa shape index (κ1) is 19.6. The minimum Gasteiger partial charge on any atom is -0.474 e. The van der Waals surface area contributed by atoms with E-state index in [4.69, 9.17) is 9.72 Å². The van der Waals surface area contributed by atoms with Crippen molar-refractivity contribution in [2.45, 2.75) is 37.9 Å². The van der Waals surface area contributed by atoms with Gasteiger partial charge in [0.25, 0.3) is 0 Å². The van der Waals surface area contributed by atoms with E-state index in [9.17, 15) is 5.11 Å². The molecular weight excluding hydrogens is 364 g/mol. The number of ether oxygens (including phenoxy) is 1. The molecule has 3 aromatic rings. The van der Waals surface area contributed by atoms with Crippen LogP contribution in [0.15, 0.2) is 48.7 Å². The molecule has 0 atom stereocenters. The van der Waals surface area contributed by atoms with Crippen molar-refractivity contribution in [1.29, 1.82) is 0 Å². The minimum absolute atomic E-state index is 0.0864. The summed E-state index contributed by atoms with van der Waals surface area (Å²) >= 11 is 0. The van der Waals surface area contributed by atoms with Crippen molar-refractivity contribution in [2.75, 3.05) is 25.5 Å². The summed E-state index contributed by atoms with van der Waals surface area (Å²) in [6, 6.07) is 14.2. The summed E-state index contributed by atoms with van der Waals surface area (Å²) in [5.74, 6) is 0.628. The minimum atomic E-state index is -0.201. The van der Waals surface area contributed by atoms with Crippen molar-refractivity contribution >= 4 is 16.6 Å². The van der Waals surface area contributed by atoms with Gasteiger partial charge in [-0.2, -0.15) is 0 Å². The average Bonchev–Trinajstić information content (AvgIpc) is 2.76. The number of benzene rings is 1. The molecule has 0 radical (unpaired) electrons. The van der Waals surface area contributed by atoms with E-state index in [-0.39, 0.29) is 12.2 Å². The van der Waals surface area contributed by atoms with Crippen LogP contribution in [0.3, 0.4) is 0 Å². The van der Waals surface area contributed by atoms with Crippen LogP contribution in [0.2, 0.25) is 0 Å². The van der Waals surface area contributed by atoms with Crippen LogP contribution in [-0.4, -0.2) is 47.4 Å². The molecule has 0 bridgehead atoms. The summed E-state index contributed by atoms with van der Waals surface area (Å²) in [5.41, 5.74) is 3.84. The highest BCUT2D eigenvalue weighted by molar-refractivity contribution is 5.87. The van der Waals surface area contributed by atoms with Gasteiger partial charge in [0, 0.05) is 30.5 Å². The van der Waals surface area contributed by atoms with Gasteiger partial charge in [0.05, 0.1) is 22.7 Å². The number of anilines is 1. The average molecular weight is 393 g/mol. The second kappa shape index (κ2) is 9.20. The van der Waals surface area contributed by atoms with Gasteiger partial charge in [0.15, 0.2) is 0 Å². The third-order valence-electron chi connectivity index (χ3n) is 5.37. The Hall–Kier alpha value is -2.70. The molecule has 1 saturated carbocycles. The van der Waals surface area contributed by atoms with Crippen molar-refractivity contribution < 1.29 is 9.84 Å². The summed E-state index contributed by atoms with van der Waals surface area (Å²) in [6.45, 7) is 1.79. The van der Waals surface area contributed by atoms with Gasteiger partial charge in [-0.3, -0.25) is 4.98 Å². The molecule has 6 nitrogen and oxygen atoms in total. The second-order valence-electron chi connectivity index (χ2n) is 7.54. The summed E-state index contributed by atoms with van der Waals surface area (Å²) in [7, 11) is 1.94. The molecule has 2 aromatic heterocycles. The Balaban J connectivity index is 1.59. The molecule has 1 aliphatic carbocycles. The topological polar surface area (TPSA) is 79.3 Å². The molecular formula is C23H28N4O2. The van der Waals surface area contributed by atoms with E-state index in [1.807, 2.05) is 25.2 Å². The summed E-state index contributed by atoms with van der Waals surface area (Å²) in [6.07, 6.45) is 4.94.